The first-order chi connectivity index (χ1) is 7.87. The van der Waals surface area contributed by atoms with Crippen LogP contribution in [0, 0.1) is 0 Å². The maximum absolute atomic E-state index is 11.8. The Labute approximate surface area is 103 Å². The van der Waals surface area contributed by atoms with Crippen molar-refractivity contribution < 1.29 is 16.8 Å². The van der Waals surface area contributed by atoms with Gasteiger partial charge < -0.3 is 5.32 Å². The van der Waals surface area contributed by atoms with Crippen LogP contribution in [-0.4, -0.2) is 53.2 Å². The maximum atomic E-state index is 11.8. The van der Waals surface area contributed by atoms with Crippen molar-refractivity contribution in [2.45, 2.75) is 25.0 Å². The Morgan fingerprint density at radius 3 is 2.53 bits per heavy atom. The molecule has 1 heterocycles. The van der Waals surface area contributed by atoms with Gasteiger partial charge in [0.05, 0.1) is 16.8 Å². The highest BCUT2D eigenvalue weighted by Crippen LogP contribution is 2.17. The summed E-state index contributed by atoms with van der Waals surface area (Å²) >= 11 is 0. The minimum absolute atomic E-state index is 0.0179. The number of sulfone groups is 1. The predicted octanol–water partition coefficient (Wildman–Crippen LogP) is -0.907. The minimum Gasteiger partial charge on any atom is -0.317 e. The molecule has 0 amide bonds. The second-order valence-electron chi connectivity index (χ2n) is 4.17. The summed E-state index contributed by atoms with van der Waals surface area (Å²) in [5.74, 6) is -0.258. The number of hydrogen-bond donors (Lipinski definition) is 2. The fourth-order valence-corrected chi connectivity index (χ4v) is 5.85. The highest BCUT2D eigenvalue weighted by atomic mass is 32.2. The van der Waals surface area contributed by atoms with Gasteiger partial charge in [0, 0.05) is 6.54 Å². The van der Waals surface area contributed by atoms with E-state index in [1.807, 2.05) is 6.92 Å². The van der Waals surface area contributed by atoms with Gasteiger partial charge in [0.2, 0.25) is 10.0 Å². The number of hydrogen-bond acceptors (Lipinski definition) is 5. The molecule has 0 spiro atoms. The van der Waals surface area contributed by atoms with E-state index in [4.69, 9.17) is 0 Å². The lowest BCUT2D eigenvalue weighted by Crippen LogP contribution is -2.36. The molecule has 1 saturated heterocycles. The second kappa shape index (κ2) is 6.12. The van der Waals surface area contributed by atoms with Gasteiger partial charge in [-0.3, -0.25) is 0 Å². The molecule has 1 aliphatic heterocycles. The summed E-state index contributed by atoms with van der Waals surface area (Å²) in [6.45, 7) is 3.94. The Hall–Kier alpha value is -0.180. The average molecular weight is 284 g/mol. The van der Waals surface area contributed by atoms with Gasteiger partial charge in [-0.15, -0.1) is 0 Å². The van der Waals surface area contributed by atoms with Crippen LogP contribution in [0.1, 0.15) is 19.8 Å². The monoisotopic (exact) mass is 284 g/mol. The van der Waals surface area contributed by atoms with Gasteiger partial charge >= 0.3 is 0 Å². The van der Waals surface area contributed by atoms with E-state index in [2.05, 4.69) is 10.0 Å². The van der Waals surface area contributed by atoms with E-state index in [-0.39, 0.29) is 17.9 Å². The predicted molar refractivity (Wildman–Crippen MR) is 67.1 cm³/mol. The largest absolute Gasteiger partial charge is 0.317 e. The number of sulfonamides is 1. The molecular weight excluding hydrogens is 264 g/mol. The third-order valence-electron chi connectivity index (χ3n) is 2.71. The molecule has 102 valence electrons. The molecule has 6 nitrogen and oxygen atoms in total. The molecule has 0 aromatic heterocycles. The SMILES string of the molecule is CCNCCCNS(=O)(=O)C1CCS(=O)(=O)C1. The normalized spacial score (nSPS) is 23.9. The van der Waals surface area contributed by atoms with E-state index >= 15 is 0 Å². The first-order valence-corrected chi connectivity index (χ1v) is 9.14. The fourth-order valence-electron chi connectivity index (χ4n) is 1.73. The summed E-state index contributed by atoms with van der Waals surface area (Å²) in [5, 5.41) is 2.31. The van der Waals surface area contributed by atoms with Crippen LogP contribution in [0.5, 0.6) is 0 Å². The lowest BCUT2D eigenvalue weighted by Gasteiger charge is -2.11. The van der Waals surface area contributed by atoms with Crippen LogP contribution < -0.4 is 10.0 Å². The van der Waals surface area contributed by atoms with Crippen LogP contribution in [-0.2, 0) is 19.9 Å². The van der Waals surface area contributed by atoms with Gasteiger partial charge in [0.25, 0.3) is 0 Å². The molecule has 1 fully saturated rings. The van der Waals surface area contributed by atoms with Crippen molar-refractivity contribution >= 4 is 19.9 Å². The van der Waals surface area contributed by atoms with Gasteiger partial charge in [-0.1, -0.05) is 6.92 Å². The molecule has 17 heavy (non-hydrogen) atoms. The molecule has 1 rings (SSSR count). The second-order valence-corrected chi connectivity index (χ2v) is 8.45. The van der Waals surface area contributed by atoms with Gasteiger partial charge in [0.1, 0.15) is 0 Å². The zero-order valence-electron chi connectivity index (χ0n) is 9.98. The molecule has 0 aromatic rings. The van der Waals surface area contributed by atoms with Crippen molar-refractivity contribution in [2.75, 3.05) is 31.1 Å². The highest BCUT2D eigenvalue weighted by Gasteiger charge is 2.36. The van der Waals surface area contributed by atoms with Crippen LogP contribution >= 0.6 is 0 Å². The number of nitrogens with one attached hydrogen (secondary N) is 2. The fraction of sp³-hybridized carbons (Fsp3) is 1.00. The molecule has 0 aliphatic carbocycles. The van der Waals surface area contributed by atoms with E-state index < -0.39 is 25.1 Å². The third-order valence-corrected chi connectivity index (χ3v) is 6.58. The minimum atomic E-state index is -3.48. The first kappa shape index (κ1) is 14.9. The average Bonchev–Trinajstić information content (AvgIpc) is 2.59. The number of rotatable bonds is 7. The van der Waals surface area contributed by atoms with E-state index in [9.17, 15) is 16.8 Å². The topological polar surface area (TPSA) is 92.3 Å². The zero-order chi connectivity index (χ0) is 12.9. The lowest BCUT2D eigenvalue weighted by molar-refractivity contribution is 0.562. The van der Waals surface area contributed by atoms with Crippen LogP contribution in [0.15, 0.2) is 0 Å². The van der Waals surface area contributed by atoms with Crippen LogP contribution in [0.4, 0.5) is 0 Å². The quantitative estimate of drug-likeness (QED) is 0.591. The molecule has 8 heteroatoms. The Morgan fingerprint density at radius 2 is 2.00 bits per heavy atom. The van der Waals surface area contributed by atoms with Crippen LogP contribution in [0.2, 0.25) is 0 Å². The summed E-state index contributed by atoms with van der Waals surface area (Å²) in [6.07, 6.45) is 0.914. The van der Waals surface area contributed by atoms with Crippen LogP contribution in [0.25, 0.3) is 0 Å². The van der Waals surface area contributed by atoms with Crippen molar-refractivity contribution in [3.05, 3.63) is 0 Å². The van der Waals surface area contributed by atoms with E-state index in [1.54, 1.807) is 0 Å². The van der Waals surface area contributed by atoms with Crippen molar-refractivity contribution in [3.63, 3.8) is 0 Å². The van der Waals surface area contributed by atoms with Gasteiger partial charge in [-0.2, -0.15) is 0 Å². The Kier molecular flexibility index (Phi) is 5.36. The molecule has 0 aromatic carbocycles. The van der Waals surface area contributed by atoms with Gasteiger partial charge in [0.15, 0.2) is 9.84 Å². The first-order valence-electron chi connectivity index (χ1n) is 5.77. The molecule has 1 unspecified atom stereocenters. The molecule has 0 radical (unpaired) electrons. The van der Waals surface area contributed by atoms with E-state index in [1.165, 1.54) is 0 Å². The maximum Gasteiger partial charge on any atom is 0.215 e. The molecule has 1 atom stereocenters. The smallest absolute Gasteiger partial charge is 0.215 e. The van der Waals surface area contributed by atoms with Crippen LogP contribution in [0.3, 0.4) is 0 Å². The highest BCUT2D eigenvalue weighted by molar-refractivity contribution is 7.95. The third kappa shape index (κ3) is 4.90. The molecule has 2 N–H and O–H groups in total. The Morgan fingerprint density at radius 1 is 1.29 bits per heavy atom. The van der Waals surface area contributed by atoms with Gasteiger partial charge in [-0.25, -0.2) is 21.6 Å². The summed E-state index contributed by atoms with van der Waals surface area (Å²) in [4.78, 5) is 0. The van der Waals surface area contributed by atoms with Crippen molar-refractivity contribution in [1.29, 1.82) is 0 Å². The summed E-state index contributed by atoms with van der Waals surface area (Å²) in [5.41, 5.74) is 0. The lowest BCUT2D eigenvalue weighted by atomic mass is 10.4. The summed E-state index contributed by atoms with van der Waals surface area (Å²) in [7, 11) is -6.62. The zero-order valence-corrected chi connectivity index (χ0v) is 11.6. The molecule has 1 aliphatic rings. The van der Waals surface area contributed by atoms with Crippen molar-refractivity contribution in [1.82, 2.24) is 10.0 Å². The molecular formula is C9H20N2O4S2. The Bertz CT molecular complexity index is 430. The summed E-state index contributed by atoms with van der Waals surface area (Å²) in [6, 6.07) is 0. The molecule has 0 saturated carbocycles. The van der Waals surface area contributed by atoms with E-state index in [0.717, 1.165) is 13.1 Å². The standard InChI is InChI=1S/C9H20N2O4S2/c1-2-10-5-3-6-11-17(14,15)9-4-7-16(12,13)8-9/h9-11H,2-8H2,1H3. The van der Waals surface area contributed by atoms with Crippen molar-refractivity contribution in [3.8, 4) is 0 Å². The molecule has 0 bridgehead atoms. The van der Waals surface area contributed by atoms with Gasteiger partial charge in [-0.05, 0) is 25.9 Å². The van der Waals surface area contributed by atoms with E-state index in [0.29, 0.717) is 13.0 Å². The summed E-state index contributed by atoms with van der Waals surface area (Å²) < 4.78 is 48.4. The van der Waals surface area contributed by atoms with Crippen molar-refractivity contribution in [2.24, 2.45) is 0 Å². The Balaban J connectivity index is 2.37.